The fraction of sp³-hybridized carbons (Fsp3) is 0.438. The molecule has 0 aliphatic heterocycles. The number of nitrogens with two attached hydrogens (primary N) is 1. The second kappa shape index (κ2) is 5.87. The summed E-state index contributed by atoms with van der Waals surface area (Å²) >= 11 is 6.08. The molecule has 0 aliphatic rings. The maximum atomic E-state index is 9.05. The molecule has 0 unspecified atom stereocenters. The van der Waals surface area contributed by atoms with Gasteiger partial charge in [-0.2, -0.15) is 5.26 Å². The molecule has 0 saturated heterocycles. The summed E-state index contributed by atoms with van der Waals surface area (Å²) in [5.41, 5.74) is 7.78. The fourth-order valence-electron chi connectivity index (χ4n) is 2.44. The molecule has 3 nitrogen and oxygen atoms in total. The van der Waals surface area contributed by atoms with Crippen LogP contribution in [0.15, 0.2) is 24.4 Å². The molecule has 0 atom stereocenters. The van der Waals surface area contributed by atoms with Gasteiger partial charge in [0.2, 0.25) is 0 Å². The van der Waals surface area contributed by atoms with E-state index in [9.17, 15) is 0 Å². The summed E-state index contributed by atoms with van der Waals surface area (Å²) in [5, 5.41) is 10.9. The quantitative estimate of drug-likeness (QED) is 0.901. The summed E-state index contributed by atoms with van der Waals surface area (Å²) in [6, 6.07) is 8.24. The lowest BCUT2D eigenvalue weighted by atomic mass is 9.90. The lowest BCUT2D eigenvalue weighted by Crippen LogP contribution is -2.09. The smallest absolute Gasteiger partial charge is 0.0683 e. The SMILES string of the molecule is CC(C)(C#N)CCCn1cc(CN)c2ccc(Cl)cc21. The van der Waals surface area contributed by atoms with Gasteiger partial charge in [-0.1, -0.05) is 17.7 Å². The molecule has 0 bridgehead atoms. The molecule has 0 spiro atoms. The van der Waals surface area contributed by atoms with Gasteiger partial charge in [0.05, 0.1) is 11.5 Å². The Labute approximate surface area is 124 Å². The van der Waals surface area contributed by atoms with E-state index in [1.807, 2.05) is 32.0 Å². The van der Waals surface area contributed by atoms with Crippen molar-refractivity contribution in [2.75, 3.05) is 0 Å². The van der Waals surface area contributed by atoms with Crippen LogP contribution in [0.25, 0.3) is 10.9 Å². The first-order chi connectivity index (χ1) is 9.46. The predicted molar refractivity (Wildman–Crippen MR) is 83.5 cm³/mol. The van der Waals surface area contributed by atoms with Gasteiger partial charge in [-0.3, -0.25) is 0 Å². The highest BCUT2D eigenvalue weighted by Crippen LogP contribution is 2.26. The zero-order valence-corrected chi connectivity index (χ0v) is 12.7. The molecule has 4 heteroatoms. The summed E-state index contributed by atoms with van der Waals surface area (Å²) < 4.78 is 2.19. The summed E-state index contributed by atoms with van der Waals surface area (Å²) in [4.78, 5) is 0. The molecule has 0 fully saturated rings. The van der Waals surface area contributed by atoms with Gasteiger partial charge in [0.25, 0.3) is 0 Å². The third-order valence-electron chi connectivity index (χ3n) is 3.65. The molecule has 0 saturated carbocycles. The van der Waals surface area contributed by atoms with Crippen LogP contribution in [0.1, 0.15) is 32.3 Å². The Morgan fingerprint density at radius 1 is 1.40 bits per heavy atom. The normalized spacial score (nSPS) is 11.8. The number of halogens is 1. The molecule has 0 amide bonds. The zero-order valence-electron chi connectivity index (χ0n) is 12.0. The number of fused-ring (bicyclic) bond motifs is 1. The number of aryl methyl sites for hydroxylation is 1. The highest BCUT2D eigenvalue weighted by molar-refractivity contribution is 6.31. The number of benzene rings is 1. The molecule has 1 heterocycles. The summed E-state index contributed by atoms with van der Waals surface area (Å²) in [6.45, 7) is 5.35. The maximum absolute atomic E-state index is 9.05. The molecule has 2 aromatic rings. The average Bonchev–Trinajstić information content (AvgIpc) is 2.76. The highest BCUT2D eigenvalue weighted by Gasteiger charge is 2.16. The lowest BCUT2D eigenvalue weighted by molar-refractivity contribution is 0.418. The van der Waals surface area contributed by atoms with Crippen molar-refractivity contribution >= 4 is 22.5 Å². The average molecular weight is 290 g/mol. The molecule has 106 valence electrons. The van der Waals surface area contributed by atoms with Gasteiger partial charge in [0, 0.05) is 35.2 Å². The summed E-state index contributed by atoms with van der Waals surface area (Å²) in [7, 11) is 0. The topological polar surface area (TPSA) is 54.7 Å². The van der Waals surface area contributed by atoms with Crippen LogP contribution >= 0.6 is 11.6 Å². The molecule has 2 N–H and O–H groups in total. The minimum absolute atomic E-state index is 0.267. The first-order valence-electron chi connectivity index (χ1n) is 6.85. The molecular formula is C16H20ClN3. The monoisotopic (exact) mass is 289 g/mol. The first kappa shape index (κ1) is 14.9. The molecule has 1 aromatic heterocycles. The Morgan fingerprint density at radius 2 is 2.15 bits per heavy atom. The Kier molecular flexibility index (Phi) is 4.37. The van der Waals surface area contributed by atoms with Crippen molar-refractivity contribution in [2.45, 2.75) is 39.8 Å². The number of aromatic nitrogens is 1. The standard InChI is InChI=1S/C16H20ClN3/c1-16(2,11-19)6-3-7-20-10-12(9-18)14-5-4-13(17)8-15(14)20/h4-5,8,10H,3,6-7,9,18H2,1-2H3. The van der Waals surface area contributed by atoms with Crippen molar-refractivity contribution in [1.29, 1.82) is 5.26 Å². The third-order valence-corrected chi connectivity index (χ3v) is 3.89. The van der Waals surface area contributed by atoms with Crippen LogP contribution in [0, 0.1) is 16.7 Å². The van der Waals surface area contributed by atoms with E-state index >= 15 is 0 Å². The first-order valence-corrected chi connectivity index (χ1v) is 7.23. The minimum atomic E-state index is -0.267. The Balaban J connectivity index is 2.22. The van der Waals surface area contributed by atoms with Crippen LogP contribution in [0.3, 0.4) is 0 Å². The van der Waals surface area contributed by atoms with Crippen LogP contribution in [0.5, 0.6) is 0 Å². The van der Waals surface area contributed by atoms with E-state index in [1.54, 1.807) is 0 Å². The van der Waals surface area contributed by atoms with Gasteiger partial charge in [0.15, 0.2) is 0 Å². The van der Waals surface area contributed by atoms with Crippen molar-refractivity contribution in [3.63, 3.8) is 0 Å². The molecule has 2 rings (SSSR count). The van der Waals surface area contributed by atoms with Gasteiger partial charge >= 0.3 is 0 Å². The number of hydrogen-bond acceptors (Lipinski definition) is 2. The Bertz CT molecular complexity index is 650. The van der Waals surface area contributed by atoms with Crippen molar-refractivity contribution in [1.82, 2.24) is 4.57 Å². The molecule has 0 aliphatic carbocycles. The molecule has 1 aromatic carbocycles. The van der Waals surface area contributed by atoms with Crippen LogP contribution in [0.4, 0.5) is 0 Å². The fourth-order valence-corrected chi connectivity index (χ4v) is 2.60. The van der Waals surface area contributed by atoms with Crippen molar-refractivity contribution < 1.29 is 0 Å². The Hall–Kier alpha value is -1.50. The van der Waals surface area contributed by atoms with Crippen molar-refractivity contribution in [3.05, 3.63) is 35.0 Å². The minimum Gasteiger partial charge on any atom is -0.347 e. The van der Waals surface area contributed by atoms with E-state index in [-0.39, 0.29) is 5.41 Å². The maximum Gasteiger partial charge on any atom is 0.0683 e. The van der Waals surface area contributed by atoms with Gasteiger partial charge < -0.3 is 10.3 Å². The summed E-state index contributed by atoms with van der Waals surface area (Å²) in [6.07, 6.45) is 3.93. The number of rotatable bonds is 5. The van der Waals surface area contributed by atoms with E-state index in [2.05, 4.69) is 16.8 Å². The highest BCUT2D eigenvalue weighted by atomic mass is 35.5. The zero-order chi connectivity index (χ0) is 14.8. The van der Waals surface area contributed by atoms with E-state index in [4.69, 9.17) is 22.6 Å². The van der Waals surface area contributed by atoms with Gasteiger partial charge in [-0.15, -0.1) is 0 Å². The molecule has 0 radical (unpaired) electrons. The number of nitrogens with zero attached hydrogens (tertiary/aromatic N) is 2. The van der Waals surface area contributed by atoms with Gasteiger partial charge in [0.1, 0.15) is 0 Å². The third kappa shape index (κ3) is 3.15. The summed E-state index contributed by atoms with van der Waals surface area (Å²) in [5.74, 6) is 0. The van der Waals surface area contributed by atoms with Crippen LogP contribution < -0.4 is 5.73 Å². The second-order valence-electron chi connectivity index (χ2n) is 5.81. The van der Waals surface area contributed by atoms with Crippen LogP contribution in [-0.4, -0.2) is 4.57 Å². The van der Waals surface area contributed by atoms with Gasteiger partial charge in [-0.25, -0.2) is 0 Å². The number of hydrogen-bond donors (Lipinski definition) is 1. The van der Waals surface area contributed by atoms with Crippen molar-refractivity contribution in [3.8, 4) is 6.07 Å². The largest absolute Gasteiger partial charge is 0.347 e. The van der Waals surface area contributed by atoms with Crippen molar-refractivity contribution in [2.24, 2.45) is 11.1 Å². The van der Waals surface area contributed by atoms with E-state index in [0.717, 1.165) is 40.9 Å². The van der Waals surface area contributed by atoms with E-state index < -0.39 is 0 Å². The lowest BCUT2D eigenvalue weighted by Gasteiger charge is -2.15. The predicted octanol–water partition coefficient (Wildman–Crippen LogP) is 4.08. The van der Waals surface area contributed by atoms with Crippen LogP contribution in [0.2, 0.25) is 5.02 Å². The second-order valence-corrected chi connectivity index (χ2v) is 6.25. The van der Waals surface area contributed by atoms with E-state index in [1.165, 1.54) is 0 Å². The van der Waals surface area contributed by atoms with Gasteiger partial charge in [-0.05, 0) is 44.4 Å². The Morgan fingerprint density at radius 3 is 2.80 bits per heavy atom. The number of nitriles is 1. The molecular weight excluding hydrogens is 270 g/mol. The van der Waals surface area contributed by atoms with E-state index in [0.29, 0.717) is 6.54 Å². The molecule has 20 heavy (non-hydrogen) atoms. The van der Waals surface area contributed by atoms with Crippen LogP contribution in [-0.2, 0) is 13.1 Å².